The molecule has 1 aromatic heterocycles. The monoisotopic (exact) mass is 862 g/mol. The third kappa shape index (κ3) is 6.93. The van der Waals surface area contributed by atoms with Gasteiger partial charge in [-0.1, -0.05) is 96.3 Å². The van der Waals surface area contributed by atoms with Crippen molar-refractivity contribution in [1.82, 2.24) is 10.2 Å². The molecule has 0 atom stereocenters. The number of para-hydroxylation sites is 4. The standard InChI is InChI=1S/C54H34N6O4S/c61-51-45-31-21-35(33-47(45)53(63)59(51)43-27-23-41(24-28-43)57(37-13-5-1-6-14-37)38-15-7-2-8-16-38)49-55-56-50(65-49)36-22-32-46-48(34-36)54(64)60(52(46)62)44-29-25-42(26-30-44)58(39-17-9-3-10-18-39)40-19-11-4-12-20-40/h1-34H. The van der Waals surface area contributed by atoms with Crippen LogP contribution >= 0.6 is 11.3 Å². The molecule has 8 aromatic carbocycles. The molecule has 0 bridgehead atoms. The zero-order chi connectivity index (χ0) is 44.0. The molecule has 0 radical (unpaired) electrons. The van der Waals surface area contributed by atoms with E-state index in [1.807, 2.05) is 146 Å². The van der Waals surface area contributed by atoms with Gasteiger partial charge in [-0.15, -0.1) is 10.2 Å². The Kier molecular flexibility index (Phi) is 9.71. The lowest BCUT2D eigenvalue weighted by Crippen LogP contribution is -2.29. The van der Waals surface area contributed by atoms with Crippen molar-refractivity contribution in [2.75, 3.05) is 19.6 Å². The van der Waals surface area contributed by atoms with E-state index < -0.39 is 23.6 Å². The van der Waals surface area contributed by atoms with Crippen LogP contribution in [0.3, 0.4) is 0 Å². The zero-order valence-electron chi connectivity index (χ0n) is 34.4. The van der Waals surface area contributed by atoms with Crippen molar-refractivity contribution in [3.63, 3.8) is 0 Å². The van der Waals surface area contributed by atoms with Crippen LogP contribution in [0.5, 0.6) is 0 Å². The Morgan fingerprint density at radius 2 is 0.615 bits per heavy atom. The van der Waals surface area contributed by atoms with Gasteiger partial charge >= 0.3 is 0 Å². The van der Waals surface area contributed by atoms with Gasteiger partial charge in [-0.25, -0.2) is 9.80 Å². The second-order valence-corrected chi connectivity index (χ2v) is 16.3. The molecule has 2 aliphatic heterocycles. The molecule has 4 amide bonds. The van der Waals surface area contributed by atoms with Gasteiger partial charge in [0.15, 0.2) is 0 Å². The van der Waals surface area contributed by atoms with Crippen LogP contribution in [-0.2, 0) is 0 Å². The number of hydrogen-bond acceptors (Lipinski definition) is 9. The highest BCUT2D eigenvalue weighted by atomic mass is 32.1. The topological polar surface area (TPSA) is 107 Å². The van der Waals surface area contributed by atoms with Crippen molar-refractivity contribution in [2.45, 2.75) is 0 Å². The smallest absolute Gasteiger partial charge is 0.266 e. The van der Waals surface area contributed by atoms with Crippen LogP contribution in [0, 0.1) is 0 Å². The lowest BCUT2D eigenvalue weighted by molar-refractivity contribution is 0.0910. The number of benzene rings is 8. The normalized spacial score (nSPS) is 13.0. The highest BCUT2D eigenvalue weighted by molar-refractivity contribution is 7.17. The van der Waals surface area contributed by atoms with E-state index in [1.54, 1.807) is 60.7 Å². The molecule has 0 aliphatic carbocycles. The van der Waals surface area contributed by atoms with Crippen molar-refractivity contribution < 1.29 is 19.2 Å². The Bertz CT molecular complexity index is 2990. The summed E-state index contributed by atoms with van der Waals surface area (Å²) < 4.78 is 0. The number of imide groups is 2. The number of aromatic nitrogens is 2. The largest absolute Gasteiger partial charge is 0.311 e. The maximum atomic E-state index is 13.9. The highest BCUT2D eigenvalue weighted by Crippen LogP contribution is 2.40. The Hall–Kier alpha value is -8.80. The third-order valence-electron chi connectivity index (χ3n) is 11.5. The van der Waals surface area contributed by atoms with E-state index >= 15 is 0 Å². The average Bonchev–Trinajstić information content (AvgIpc) is 4.03. The molecule has 0 saturated carbocycles. The molecule has 9 aromatic rings. The Morgan fingerprint density at radius 1 is 0.323 bits per heavy atom. The van der Waals surface area contributed by atoms with Crippen LogP contribution in [0.1, 0.15) is 41.4 Å². The van der Waals surface area contributed by atoms with Crippen LogP contribution in [0.15, 0.2) is 206 Å². The predicted octanol–water partition coefficient (Wildman–Crippen LogP) is 12.4. The average molecular weight is 863 g/mol. The fourth-order valence-corrected chi connectivity index (χ4v) is 9.21. The Balaban J connectivity index is 0.819. The summed E-state index contributed by atoms with van der Waals surface area (Å²) in [5.74, 6) is -1.68. The zero-order valence-corrected chi connectivity index (χ0v) is 35.2. The Morgan fingerprint density at radius 3 is 0.938 bits per heavy atom. The molecule has 11 rings (SSSR count). The van der Waals surface area contributed by atoms with E-state index in [1.165, 1.54) is 21.1 Å². The summed E-state index contributed by atoms with van der Waals surface area (Å²) in [5, 5.41) is 9.91. The molecule has 310 valence electrons. The van der Waals surface area contributed by atoms with Crippen LogP contribution in [0.4, 0.5) is 45.5 Å². The molecule has 11 heteroatoms. The lowest BCUT2D eigenvalue weighted by Gasteiger charge is -2.26. The molecule has 0 N–H and O–H groups in total. The third-order valence-corrected chi connectivity index (χ3v) is 12.5. The maximum Gasteiger partial charge on any atom is 0.266 e. The summed E-state index contributed by atoms with van der Waals surface area (Å²) in [6.45, 7) is 0. The minimum absolute atomic E-state index is 0.270. The first kappa shape index (κ1) is 39.1. The summed E-state index contributed by atoms with van der Waals surface area (Å²) in [6, 6.07) is 64.8. The quantitative estimate of drug-likeness (QED) is 0.125. The van der Waals surface area contributed by atoms with Crippen molar-refractivity contribution >= 4 is 80.5 Å². The summed E-state index contributed by atoms with van der Waals surface area (Å²) in [5.41, 5.74) is 8.91. The van der Waals surface area contributed by atoms with Crippen LogP contribution < -0.4 is 19.6 Å². The van der Waals surface area contributed by atoms with E-state index in [-0.39, 0.29) is 11.1 Å². The van der Waals surface area contributed by atoms with Crippen molar-refractivity contribution in [2.24, 2.45) is 0 Å². The number of amides is 4. The number of anilines is 8. The highest BCUT2D eigenvalue weighted by Gasteiger charge is 2.39. The first-order valence-corrected chi connectivity index (χ1v) is 21.6. The molecule has 10 nitrogen and oxygen atoms in total. The minimum atomic E-state index is -0.432. The second-order valence-electron chi connectivity index (χ2n) is 15.4. The summed E-state index contributed by atoms with van der Waals surface area (Å²) in [7, 11) is 0. The number of fused-ring (bicyclic) bond motifs is 2. The molecule has 3 heterocycles. The van der Waals surface area contributed by atoms with Crippen molar-refractivity contribution in [3.05, 3.63) is 229 Å². The second kappa shape index (κ2) is 16.2. The number of carbonyl (C=O) groups excluding carboxylic acids is 4. The fourth-order valence-electron chi connectivity index (χ4n) is 8.38. The number of rotatable bonds is 10. The molecular formula is C54H34N6O4S. The lowest BCUT2D eigenvalue weighted by atomic mass is 10.1. The van der Waals surface area contributed by atoms with Gasteiger partial charge in [-0.3, -0.25) is 19.2 Å². The molecule has 0 fully saturated rings. The predicted molar refractivity (Wildman–Crippen MR) is 255 cm³/mol. The Labute approximate surface area is 377 Å². The van der Waals surface area contributed by atoms with Gasteiger partial charge < -0.3 is 9.80 Å². The van der Waals surface area contributed by atoms with Crippen molar-refractivity contribution in [3.8, 4) is 21.1 Å². The molecule has 0 unspecified atom stereocenters. The van der Waals surface area contributed by atoms with E-state index in [0.29, 0.717) is 43.6 Å². The van der Waals surface area contributed by atoms with E-state index in [2.05, 4.69) is 20.0 Å². The van der Waals surface area contributed by atoms with Gasteiger partial charge in [0.25, 0.3) is 23.6 Å². The van der Waals surface area contributed by atoms with Crippen LogP contribution in [-0.4, -0.2) is 33.8 Å². The van der Waals surface area contributed by atoms with E-state index in [4.69, 9.17) is 0 Å². The summed E-state index contributed by atoms with van der Waals surface area (Å²) in [4.78, 5) is 61.9. The van der Waals surface area contributed by atoms with Crippen molar-refractivity contribution in [1.29, 1.82) is 0 Å². The molecule has 0 saturated heterocycles. The van der Waals surface area contributed by atoms with Gasteiger partial charge in [-0.05, 0) is 121 Å². The first-order valence-electron chi connectivity index (χ1n) is 20.8. The first-order chi connectivity index (χ1) is 31.9. The van der Waals surface area contributed by atoms with Gasteiger partial charge in [0, 0.05) is 45.3 Å². The molecule has 65 heavy (non-hydrogen) atoms. The summed E-state index contributed by atoms with van der Waals surface area (Å²) in [6.07, 6.45) is 0. The molecular weight excluding hydrogens is 829 g/mol. The van der Waals surface area contributed by atoms with E-state index in [0.717, 1.165) is 34.1 Å². The van der Waals surface area contributed by atoms with Gasteiger partial charge in [0.1, 0.15) is 10.0 Å². The number of nitrogens with zero attached hydrogens (tertiary/aromatic N) is 6. The van der Waals surface area contributed by atoms with Gasteiger partial charge in [0.05, 0.1) is 33.6 Å². The van der Waals surface area contributed by atoms with Crippen LogP contribution in [0.25, 0.3) is 21.1 Å². The number of carbonyl (C=O) groups is 4. The SMILES string of the molecule is O=C1c2ccc(-c3nnc(-c4ccc5c(c4)C(=O)N(c4ccc(N(c6ccccc6)c6ccccc6)cc4)C5=O)s3)cc2C(=O)N1c1ccc(N(c2ccccc2)c2ccccc2)cc1. The van der Waals surface area contributed by atoms with Crippen LogP contribution in [0.2, 0.25) is 0 Å². The molecule has 2 aliphatic rings. The van der Waals surface area contributed by atoms with E-state index in [9.17, 15) is 19.2 Å². The fraction of sp³-hybridized carbons (Fsp3) is 0. The number of hydrogen-bond donors (Lipinski definition) is 0. The van der Waals surface area contributed by atoms with Gasteiger partial charge in [-0.2, -0.15) is 0 Å². The maximum absolute atomic E-state index is 13.9. The molecule has 0 spiro atoms. The van der Waals surface area contributed by atoms with Gasteiger partial charge in [0.2, 0.25) is 0 Å². The minimum Gasteiger partial charge on any atom is -0.311 e. The summed E-state index contributed by atoms with van der Waals surface area (Å²) >= 11 is 1.28.